The van der Waals surface area contributed by atoms with E-state index < -0.39 is 9.84 Å². The monoisotopic (exact) mass is 433 g/mol. The molecule has 0 bridgehead atoms. The van der Waals surface area contributed by atoms with Crippen molar-refractivity contribution in [1.29, 1.82) is 0 Å². The molecule has 7 nitrogen and oxygen atoms in total. The number of ether oxygens (including phenoxy) is 3. The number of carbonyl (C=O) groups is 1. The zero-order valence-corrected chi connectivity index (χ0v) is 18.6. The van der Waals surface area contributed by atoms with Crippen LogP contribution >= 0.6 is 0 Å². The first kappa shape index (κ1) is 23.3. The Labute approximate surface area is 177 Å². The Morgan fingerprint density at radius 1 is 1.00 bits per heavy atom. The van der Waals surface area contributed by atoms with E-state index in [1.807, 2.05) is 6.92 Å². The van der Waals surface area contributed by atoms with Crippen LogP contribution in [0.2, 0.25) is 0 Å². The summed E-state index contributed by atoms with van der Waals surface area (Å²) in [6.07, 6.45) is 4.86. The van der Waals surface area contributed by atoms with Gasteiger partial charge in [0.05, 0.1) is 32.3 Å². The lowest BCUT2D eigenvalue weighted by molar-refractivity contribution is -0.117. The van der Waals surface area contributed by atoms with Crippen LogP contribution in [0.25, 0.3) is 6.08 Å². The molecule has 2 aromatic rings. The van der Waals surface area contributed by atoms with Crippen LogP contribution in [0.3, 0.4) is 0 Å². The van der Waals surface area contributed by atoms with Gasteiger partial charge in [-0.25, -0.2) is 8.42 Å². The highest BCUT2D eigenvalue weighted by molar-refractivity contribution is 7.90. The molecule has 0 fully saturated rings. The molecule has 0 saturated heterocycles. The summed E-state index contributed by atoms with van der Waals surface area (Å²) in [6, 6.07) is 9.77. The molecule has 0 aliphatic heterocycles. The van der Waals surface area contributed by atoms with Gasteiger partial charge in [0.1, 0.15) is 0 Å². The maximum Gasteiger partial charge on any atom is 0.244 e. The second-order valence-corrected chi connectivity index (χ2v) is 8.58. The van der Waals surface area contributed by atoms with Crippen LogP contribution in [-0.4, -0.2) is 41.9 Å². The van der Waals surface area contributed by atoms with Crippen LogP contribution in [0.15, 0.2) is 47.4 Å². The fourth-order valence-corrected chi connectivity index (χ4v) is 3.64. The van der Waals surface area contributed by atoms with Gasteiger partial charge < -0.3 is 19.5 Å². The van der Waals surface area contributed by atoms with E-state index in [1.165, 1.54) is 27.4 Å². The topological polar surface area (TPSA) is 90.9 Å². The molecule has 0 aromatic heterocycles. The number of hydrogen-bond acceptors (Lipinski definition) is 6. The Hall–Kier alpha value is -3.00. The summed E-state index contributed by atoms with van der Waals surface area (Å²) in [4.78, 5) is 12.7. The normalized spacial score (nSPS) is 12.4. The molecule has 2 rings (SSSR count). The minimum Gasteiger partial charge on any atom is -0.493 e. The van der Waals surface area contributed by atoms with Gasteiger partial charge in [-0.05, 0) is 42.3 Å². The third kappa shape index (κ3) is 5.54. The predicted molar refractivity (Wildman–Crippen MR) is 116 cm³/mol. The maximum atomic E-state index is 12.5. The summed E-state index contributed by atoms with van der Waals surface area (Å²) in [7, 11) is 1.31. The second kappa shape index (κ2) is 10.2. The maximum absolute atomic E-state index is 12.5. The Morgan fingerprint density at radius 3 is 2.13 bits per heavy atom. The summed E-state index contributed by atoms with van der Waals surface area (Å²) in [5.41, 5.74) is 1.49. The number of nitrogens with one attached hydrogen (secondary N) is 1. The lowest BCUT2D eigenvalue weighted by Crippen LogP contribution is -2.26. The standard InChI is InChI=1S/C22H27NO6S/c1-6-18(15-7-11-17(12-8-15)30(5,25)26)23-20(24)14-10-16-9-13-19(27-2)22(29-4)21(16)28-3/h7-14,18H,6H2,1-5H3,(H,23,24)/b14-10+/t18-/m0/s1. The first-order chi connectivity index (χ1) is 14.2. The van der Waals surface area contributed by atoms with E-state index in [-0.39, 0.29) is 16.8 Å². The molecule has 30 heavy (non-hydrogen) atoms. The molecule has 1 amide bonds. The average Bonchev–Trinajstić information content (AvgIpc) is 2.74. The number of methoxy groups -OCH3 is 3. The van der Waals surface area contributed by atoms with Crippen LogP contribution < -0.4 is 19.5 Å². The van der Waals surface area contributed by atoms with E-state index in [0.29, 0.717) is 29.2 Å². The van der Waals surface area contributed by atoms with Crippen molar-refractivity contribution in [3.8, 4) is 17.2 Å². The number of amides is 1. The highest BCUT2D eigenvalue weighted by atomic mass is 32.2. The number of carbonyl (C=O) groups excluding carboxylic acids is 1. The highest BCUT2D eigenvalue weighted by Crippen LogP contribution is 2.40. The number of sulfone groups is 1. The van der Waals surface area contributed by atoms with E-state index >= 15 is 0 Å². The van der Waals surface area contributed by atoms with Crippen molar-refractivity contribution in [2.24, 2.45) is 0 Å². The number of hydrogen-bond donors (Lipinski definition) is 1. The first-order valence-corrected chi connectivity index (χ1v) is 11.2. The van der Waals surface area contributed by atoms with Gasteiger partial charge in [0.2, 0.25) is 11.7 Å². The molecule has 1 N–H and O–H groups in total. The van der Waals surface area contributed by atoms with Gasteiger partial charge >= 0.3 is 0 Å². The van der Waals surface area contributed by atoms with Gasteiger partial charge in [0, 0.05) is 17.9 Å². The van der Waals surface area contributed by atoms with Gasteiger partial charge in [-0.15, -0.1) is 0 Å². The van der Waals surface area contributed by atoms with E-state index in [9.17, 15) is 13.2 Å². The molecule has 0 radical (unpaired) electrons. The highest BCUT2D eigenvalue weighted by Gasteiger charge is 2.16. The molecular weight excluding hydrogens is 406 g/mol. The molecule has 0 aliphatic rings. The molecule has 1 atom stereocenters. The Balaban J connectivity index is 2.18. The van der Waals surface area contributed by atoms with Crippen LogP contribution in [0, 0.1) is 0 Å². The molecule has 162 valence electrons. The van der Waals surface area contributed by atoms with Crippen molar-refractivity contribution in [3.63, 3.8) is 0 Å². The summed E-state index contributed by atoms with van der Waals surface area (Å²) >= 11 is 0. The minimum absolute atomic E-state index is 0.243. The summed E-state index contributed by atoms with van der Waals surface area (Å²) in [6.45, 7) is 1.94. The fourth-order valence-electron chi connectivity index (χ4n) is 3.01. The van der Waals surface area contributed by atoms with Crippen molar-refractivity contribution >= 4 is 21.8 Å². The fraction of sp³-hybridized carbons (Fsp3) is 0.318. The molecule has 0 aliphatic carbocycles. The zero-order chi connectivity index (χ0) is 22.3. The number of rotatable bonds is 9. The SMILES string of the molecule is CC[C@H](NC(=O)/C=C/c1ccc(OC)c(OC)c1OC)c1ccc(S(C)(=O)=O)cc1. The smallest absolute Gasteiger partial charge is 0.244 e. The van der Waals surface area contributed by atoms with Crippen molar-refractivity contribution < 1.29 is 27.4 Å². The lowest BCUT2D eigenvalue weighted by atomic mass is 10.0. The Morgan fingerprint density at radius 2 is 1.63 bits per heavy atom. The van der Waals surface area contributed by atoms with Gasteiger partial charge in [-0.2, -0.15) is 0 Å². The molecule has 0 saturated carbocycles. The zero-order valence-electron chi connectivity index (χ0n) is 17.8. The average molecular weight is 434 g/mol. The van der Waals surface area contributed by atoms with Crippen molar-refractivity contribution in [1.82, 2.24) is 5.32 Å². The predicted octanol–water partition coefficient (Wildman–Crippen LogP) is 3.40. The van der Waals surface area contributed by atoms with E-state index in [1.54, 1.807) is 42.5 Å². The van der Waals surface area contributed by atoms with Gasteiger partial charge in [-0.1, -0.05) is 19.1 Å². The van der Waals surface area contributed by atoms with Crippen LogP contribution in [0.1, 0.15) is 30.5 Å². The Bertz CT molecular complexity index is 1010. The molecule has 8 heteroatoms. The largest absolute Gasteiger partial charge is 0.493 e. The lowest BCUT2D eigenvalue weighted by Gasteiger charge is -2.17. The summed E-state index contributed by atoms with van der Waals surface area (Å²) in [5, 5.41) is 2.93. The molecule has 2 aromatic carbocycles. The van der Waals surface area contributed by atoms with Crippen LogP contribution in [0.4, 0.5) is 0 Å². The van der Waals surface area contributed by atoms with Gasteiger partial charge in [0.25, 0.3) is 0 Å². The third-order valence-electron chi connectivity index (χ3n) is 4.58. The molecule has 0 spiro atoms. The van der Waals surface area contributed by atoms with E-state index in [0.717, 1.165) is 11.8 Å². The van der Waals surface area contributed by atoms with Crippen molar-refractivity contribution in [2.45, 2.75) is 24.3 Å². The van der Waals surface area contributed by atoms with E-state index in [2.05, 4.69) is 5.32 Å². The van der Waals surface area contributed by atoms with Crippen LogP contribution in [-0.2, 0) is 14.6 Å². The minimum atomic E-state index is -3.26. The van der Waals surface area contributed by atoms with E-state index in [4.69, 9.17) is 14.2 Å². The summed E-state index contributed by atoms with van der Waals surface area (Å²) < 4.78 is 39.3. The number of benzene rings is 2. The quantitative estimate of drug-likeness (QED) is 0.610. The second-order valence-electron chi connectivity index (χ2n) is 6.57. The van der Waals surface area contributed by atoms with Crippen LogP contribution in [0.5, 0.6) is 17.2 Å². The summed E-state index contributed by atoms with van der Waals surface area (Å²) in [5.74, 6) is 1.15. The molecular formula is C22H27NO6S. The van der Waals surface area contributed by atoms with Gasteiger partial charge in [-0.3, -0.25) is 4.79 Å². The molecule has 0 heterocycles. The third-order valence-corrected chi connectivity index (χ3v) is 5.71. The Kier molecular flexibility index (Phi) is 7.88. The van der Waals surface area contributed by atoms with Crippen molar-refractivity contribution in [2.75, 3.05) is 27.6 Å². The molecule has 0 unspecified atom stereocenters. The first-order valence-electron chi connectivity index (χ1n) is 9.32. The van der Waals surface area contributed by atoms with Gasteiger partial charge in [0.15, 0.2) is 21.3 Å². The van der Waals surface area contributed by atoms with Crippen molar-refractivity contribution in [3.05, 3.63) is 53.6 Å².